The molecule has 0 radical (unpaired) electrons. The Kier molecular flexibility index (Phi) is 17.6. The molecule has 0 fully saturated rings. The Morgan fingerprint density at radius 2 is 1.00 bits per heavy atom. The van der Waals surface area contributed by atoms with Crippen molar-refractivity contribution in [1.82, 2.24) is 0 Å². The van der Waals surface area contributed by atoms with Crippen molar-refractivity contribution < 1.29 is 9.47 Å². The number of rotatable bonds is 24. The van der Waals surface area contributed by atoms with Crippen LogP contribution in [0.15, 0.2) is 102 Å². The number of aliphatic imine (C=N–C) groups is 1. The maximum atomic E-state index is 8.97. The van der Waals surface area contributed by atoms with Gasteiger partial charge in [0.1, 0.15) is 11.5 Å². The zero-order valence-electron chi connectivity index (χ0n) is 29.8. The summed E-state index contributed by atoms with van der Waals surface area (Å²) in [5.74, 6) is 1.83. The number of ether oxygens (including phenoxy) is 2. The van der Waals surface area contributed by atoms with Crippen LogP contribution in [0.1, 0.15) is 120 Å². The maximum Gasteiger partial charge on any atom is 0.119 e. The molecule has 0 aliphatic heterocycles. The van der Waals surface area contributed by atoms with E-state index in [1.807, 2.05) is 54.7 Å². The van der Waals surface area contributed by atoms with E-state index in [4.69, 9.17) is 14.7 Å². The fourth-order valence-electron chi connectivity index (χ4n) is 5.96. The number of nitriles is 1. The second kappa shape index (κ2) is 23.1. The highest BCUT2D eigenvalue weighted by atomic mass is 16.5. The van der Waals surface area contributed by atoms with E-state index in [1.54, 1.807) is 0 Å². The highest BCUT2D eigenvalue weighted by molar-refractivity contribution is 5.82. The molecule has 49 heavy (non-hydrogen) atoms. The average molecular weight is 657 g/mol. The second-order valence-corrected chi connectivity index (χ2v) is 13.1. The SMILES string of the molecule is CCCCCCCCCCc1ccc(N=Cc2ccc(OCCCCCCCCCOc3ccc(-c4ccc(C#N)cc4)cc3)cc2)cc1. The third-order valence-corrected chi connectivity index (χ3v) is 9.03. The number of aryl methyl sites for hydroxylation is 1. The zero-order chi connectivity index (χ0) is 34.2. The zero-order valence-corrected chi connectivity index (χ0v) is 29.8. The molecule has 0 N–H and O–H groups in total. The normalized spacial score (nSPS) is 11.1. The van der Waals surface area contributed by atoms with Crippen molar-refractivity contribution >= 4 is 11.9 Å². The monoisotopic (exact) mass is 656 g/mol. The summed E-state index contributed by atoms with van der Waals surface area (Å²) in [5, 5.41) is 8.97. The molecule has 0 heterocycles. The molecule has 0 spiro atoms. The summed E-state index contributed by atoms with van der Waals surface area (Å²) < 4.78 is 11.9. The first-order valence-electron chi connectivity index (χ1n) is 18.8. The molecule has 0 amide bonds. The standard InChI is InChI=1S/C45H56N2O2/c1-2-3-4-5-6-8-11-14-17-38-20-28-43(29-21-38)47-37-40-22-30-44(31-23-40)48-34-15-12-9-7-10-13-16-35-49-45-32-26-42(27-33-45)41-24-18-39(36-46)19-25-41/h18-33,37H,2-17,34-35H2,1H3. The van der Waals surface area contributed by atoms with Crippen LogP contribution in [0.4, 0.5) is 5.69 Å². The van der Waals surface area contributed by atoms with Crippen molar-refractivity contribution in [2.75, 3.05) is 13.2 Å². The van der Waals surface area contributed by atoms with Gasteiger partial charge in [0.05, 0.1) is 30.5 Å². The molecule has 0 saturated heterocycles. The number of hydrogen-bond donors (Lipinski definition) is 0. The molecular formula is C45H56N2O2. The number of unbranched alkanes of at least 4 members (excludes halogenated alkanes) is 13. The molecule has 4 aromatic rings. The minimum atomic E-state index is 0.679. The highest BCUT2D eigenvalue weighted by Crippen LogP contribution is 2.23. The van der Waals surface area contributed by atoms with Gasteiger partial charge in [0.25, 0.3) is 0 Å². The lowest BCUT2D eigenvalue weighted by Gasteiger charge is -2.08. The molecule has 4 heteroatoms. The summed E-state index contributed by atoms with van der Waals surface area (Å²) in [6.45, 7) is 3.79. The van der Waals surface area contributed by atoms with Gasteiger partial charge in [-0.2, -0.15) is 5.26 Å². The third kappa shape index (κ3) is 15.2. The van der Waals surface area contributed by atoms with Gasteiger partial charge >= 0.3 is 0 Å². The summed E-state index contributed by atoms with van der Waals surface area (Å²) in [7, 11) is 0. The number of benzene rings is 4. The molecule has 0 aliphatic rings. The van der Waals surface area contributed by atoms with Crippen LogP contribution in [0.2, 0.25) is 0 Å². The van der Waals surface area contributed by atoms with E-state index < -0.39 is 0 Å². The van der Waals surface area contributed by atoms with Crippen LogP contribution in [0.3, 0.4) is 0 Å². The topological polar surface area (TPSA) is 54.6 Å². The first-order valence-corrected chi connectivity index (χ1v) is 18.8. The van der Waals surface area contributed by atoms with Crippen LogP contribution in [-0.4, -0.2) is 19.4 Å². The first kappa shape index (κ1) is 37.5. The van der Waals surface area contributed by atoms with Crippen molar-refractivity contribution in [2.45, 2.75) is 110 Å². The predicted octanol–water partition coefficient (Wildman–Crippen LogP) is 12.8. The largest absolute Gasteiger partial charge is 0.494 e. The van der Waals surface area contributed by atoms with Crippen LogP contribution < -0.4 is 9.47 Å². The van der Waals surface area contributed by atoms with E-state index in [2.05, 4.69) is 66.5 Å². The molecule has 0 aliphatic carbocycles. The van der Waals surface area contributed by atoms with Crippen LogP contribution in [0, 0.1) is 11.3 Å². The summed E-state index contributed by atoms with van der Waals surface area (Å²) in [6.07, 6.45) is 22.3. The van der Waals surface area contributed by atoms with Crippen LogP contribution in [0.5, 0.6) is 11.5 Å². The summed E-state index contributed by atoms with van der Waals surface area (Å²) >= 11 is 0. The smallest absolute Gasteiger partial charge is 0.119 e. The molecule has 4 nitrogen and oxygen atoms in total. The van der Waals surface area contributed by atoms with E-state index in [-0.39, 0.29) is 0 Å². The van der Waals surface area contributed by atoms with E-state index >= 15 is 0 Å². The Labute approximate surface area is 296 Å². The minimum absolute atomic E-state index is 0.679. The summed E-state index contributed by atoms with van der Waals surface area (Å²) in [4.78, 5) is 4.67. The molecule has 0 saturated carbocycles. The fraction of sp³-hybridized carbons (Fsp3) is 0.422. The van der Waals surface area contributed by atoms with Gasteiger partial charge in [-0.25, -0.2) is 0 Å². The molecule has 0 atom stereocenters. The van der Waals surface area contributed by atoms with E-state index in [0.29, 0.717) is 5.56 Å². The van der Waals surface area contributed by atoms with Gasteiger partial charge in [0.2, 0.25) is 0 Å². The Bertz CT molecular complexity index is 1500. The van der Waals surface area contributed by atoms with Crippen LogP contribution >= 0.6 is 0 Å². The minimum Gasteiger partial charge on any atom is -0.494 e. The van der Waals surface area contributed by atoms with E-state index in [0.717, 1.165) is 66.4 Å². The number of hydrogen-bond acceptors (Lipinski definition) is 4. The lowest BCUT2D eigenvalue weighted by atomic mass is 10.0. The van der Waals surface area contributed by atoms with E-state index in [1.165, 1.54) is 89.0 Å². The quantitative estimate of drug-likeness (QED) is 0.0557. The van der Waals surface area contributed by atoms with Crippen molar-refractivity contribution in [3.8, 4) is 28.7 Å². The average Bonchev–Trinajstić information content (AvgIpc) is 3.15. The van der Waals surface area contributed by atoms with Crippen molar-refractivity contribution in [3.63, 3.8) is 0 Å². The van der Waals surface area contributed by atoms with Gasteiger partial charge in [-0.3, -0.25) is 4.99 Å². The van der Waals surface area contributed by atoms with Crippen molar-refractivity contribution in [3.05, 3.63) is 114 Å². The van der Waals surface area contributed by atoms with Crippen LogP contribution in [-0.2, 0) is 6.42 Å². The van der Waals surface area contributed by atoms with E-state index in [9.17, 15) is 0 Å². The lowest BCUT2D eigenvalue weighted by Crippen LogP contribution is -1.98. The summed E-state index contributed by atoms with van der Waals surface area (Å²) in [5.41, 5.74) is 6.40. The Morgan fingerprint density at radius 1 is 0.531 bits per heavy atom. The van der Waals surface area contributed by atoms with Crippen molar-refractivity contribution in [2.24, 2.45) is 4.99 Å². The molecule has 0 bridgehead atoms. The molecule has 0 unspecified atom stereocenters. The molecule has 4 aromatic carbocycles. The lowest BCUT2D eigenvalue weighted by molar-refractivity contribution is 0.299. The number of nitrogens with zero attached hydrogens (tertiary/aromatic N) is 2. The van der Waals surface area contributed by atoms with Gasteiger partial charge < -0.3 is 9.47 Å². The molecule has 0 aromatic heterocycles. The van der Waals surface area contributed by atoms with Gasteiger partial charge in [-0.15, -0.1) is 0 Å². The fourth-order valence-corrected chi connectivity index (χ4v) is 5.96. The second-order valence-electron chi connectivity index (χ2n) is 13.1. The van der Waals surface area contributed by atoms with Gasteiger partial charge in [-0.05, 0) is 109 Å². The Morgan fingerprint density at radius 3 is 1.53 bits per heavy atom. The van der Waals surface area contributed by atoms with Gasteiger partial charge in [0.15, 0.2) is 0 Å². The molecular weight excluding hydrogens is 601 g/mol. The Hall–Kier alpha value is -4.36. The summed E-state index contributed by atoms with van der Waals surface area (Å²) in [6, 6.07) is 35.0. The van der Waals surface area contributed by atoms with Crippen molar-refractivity contribution in [1.29, 1.82) is 5.26 Å². The van der Waals surface area contributed by atoms with Crippen LogP contribution in [0.25, 0.3) is 11.1 Å². The molecule has 258 valence electrons. The van der Waals surface area contributed by atoms with Gasteiger partial charge in [0, 0.05) is 6.21 Å². The Balaban J connectivity index is 0.978. The maximum absolute atomic E-state index is 8.97. The highest BCUT2D eigenvalue weighted by Gasteiger charge is 2.01. The molecule has 4 rings (SSSR count). The predicted molar refractivity (Wildman–Crippen MR) is 206 cm³/mol. The third-order valence-electron chi connectivity index (χ3n) is 9.03. The first-order chi connectivity index (χ1) is 24.2. The van der Waals surface area contributed by atoms with Gasteiger partial charge in [-0.1, -0.05) is 120 Å².